The average molecular weight is 618 g/mol. The third-order valence-electron chi connectivity index (χ3n) is 8.35. The van der Waals surface area contributed by atoms with E-state index < -0.39 is 10.1 Å². The Labute approximate surface area is 263 Å². The van der Waals surface area contributed by atoms with E-state index in [9.17, 15) is 13.0 Å². The standard InChI is InChI=1S/C29H52NO2.C7H8O3S/c1-3-4-5-6-7-8-9-10-11-12-13-14-20-28-24-29(32-25-28)26-31-23-18-17-22-30-21-16-15-19-27(30)2;1-6-2-4-7(5-3-6)11(8,9)10/h15-16,19,21,28-29H,3-14,17-18,20,22-26H2,1-2H3;2-5H,1H3,(H,8,9,10)/q+1;/p-1/t28-,29+;/m0./s1. The highest BCUT2D eigenvalue weighted by molar-refractivity contribution is 7.85. The largest absolute Gasteiger partial charge is 0.744 e. The van der Waals surface area contributed by atoms with Gasteiger partial charge in [0.2, 0.25) is 0 Å². The molecule has 1 saturated heterocycles. The summed E-state index contributed by atoms with van der Waals surface area (Å²) < 4.78 is 45.4. The number of pyridine rings is 1. The quantitative estimate of drug-likeness (QED) is 0.0797. The molecule has 2 atom stereocenters. The Morgan fingerprint density at radius 1 is 0.837 bits per heavy atom. The van der Waals surface area contributed by atoms with Crippen molar-refractivity contribution in [3.8, 4) is 0 Å². The number of nitrogens with zero attached hydrogens (tertiary/aromatic N) is 1. The predicted molar refractivity (Wildman–Crippen MR) is 174 cm³/mol. The van der Waals surface area contributed by atoms with E-state index in [1.54, 1.807) is 12.1 Å². The normalized spacial score (nSPS) is 16.7. The van der Waals surface area contributed by atoms with Crippen molar-refractivity contribution in [1.29, 1.82) is 0 Å². The molecular weight excluding hydrogens is 558 g/mol. The highest BCUT2D eigenvalue weighted by Gasteiger charge is 2.25. The van der Waals surface area contributed by atoms with Gasteiger partial charge in [-0.15, -0.1) is 0 Å². The number of hydrogen-bond acceptors (Lipinski definition) is 5. The number of unbranched alkanes of at least 4 members (excludes halogenated alkanes) is 12. The van der Waals surface area contributed by atoms with E-state index >= 15 is 0 Å². The van der Waals surface area contributed by atoms with Gasteiger partial charge >= 0.3 is 0 Å². The zero-order valence-corrected chi connectivity index (χ0v) is 28.1. The zero-order valence-electron chi connectivity index (χ0n) is 27.3. The van der Waals surface area contributed by atoms with Gasteiger partial charge in [0.15, 0.2) is 11.9 Å². The van der Waals surface area contributed by atoms with Crippen LogP contribution in [0.5, 0.6) is 0 Å². The topological polar surface area (TPSA) is 79.5 Å². The molecule has 1 aromatic carbocycles. The van der Waals surface area contributed by atoms with Gasteiger partial charge in [-0.2, -0.15) is 0 Å². The van der Waals surface area contributed by atoms with E-state index in [1.165, 1.54) is 114 Å². The van der Waals surface area contributed by atoms with Crippen LogP contribution in [0, 0.1) is 19.8 Å². The molecule has 6 nitrogen and oxygen atoms in total. The molecule has 1 aliphatic heterocycles. The number of benzene rings is 1. The maximum atomic E-state index is 10.4. The van der Waals surface area contributed by atoms with Crippen LogP contribution in [-0.2, 0) is 26.1 Å². The van der Waals surface area contributed by atoms with Crippen molar-refractivity contribution in [3.05, 3.63) is 59.9 Å². The molecule has 0 unspecified atom stereocenters. The number of rotatable bonds is 21. The molecule has 2 heterocycles. The molecule has 0 N–H and O–H groups in total. The van der Waals surface area contributed by atoms with Crippen molar-refractivity contribution >= 4 is 10.1 Å². The van der Waals surface area contributed by atoms with Crippen LogP contribution in [0.1, 0.15) is 121 Å². The summed E-state index contributed by atoms with van der Waals surface area (Å²) in [7, 11) is -4.27. The van der Waals surface area contributed by atoms with Gasteiger partial charge in [-0.3, -0.25) is 0 Å². The van der Waals surface area contributed by atoms with Gasteiger partial charge in [0, 0.05) is 38.7 Å². The third-order valence-corrected chi connectivity index (χ3v) is 9.20. The van der Waals surface area contributed by atoms with Crippen molar-refractivity contribution < 1.29 is 27.0 Å². The van der Waals surface area contributed by atoms with Crippen LogP contribution in [-0.4, -0.2) is 38.9 Å². The summed E-state index contributed by atoms with van der Waals surface area (Å²) in [6, 6.07) is 12.2. The van der Waals surface area contributed by atoms with Gasteiger partial charge in [0.05, 0.1) is 17.6 Å². The van der Waals surface area contributed by atoms with Crippen LogP contribution < -0.4 is 4.57 Å². The van der Waals surface area contributed by atoms with Gasteiger partial charge in [0.1, 0.15) is 16.7 Å². The molecule has 1 aliphatic rings. The van der Waals surface area contributed by atoms with E-state index in [1.807, 2.05) is 6.92 Å². The number of hydrogen-bond donors (Lipinski definition) is 0. The van der Waals surface area contributed by atoms with Crippen LogP contribution in [0.25, 0.3) is 0 Å². The van der Waals surface area contributed by atoms with Crippen LogP contribution in [0.15, 0.2) is 53.6 Å². The molecule has 0 amide bonds. The van der Waals surface area contributed by atoms with Crippen molar-refractivity contribution in [3.63, 3.8) is 0 Å². The Hall–Kier alpha value is -1.80. The smallest absolute Gasteiger partial charge is 0.178 e. The first-order valence-electron chi connectivity index (χ1n) is 17.0. The van der Waals surface area contributed by atoms with E-state index in [-0.39, 0.29) is 4.90 Å². The molecule has 0 bridgehead atoms. The lowest BCUT2D eigenvalue weighted by atomic mass is 9.97. The summed E-state index contributed by atoms with van der Waals surface area (Å²) in [6.07, 6.45) is 24.5. The first-order valence-corrected chi connectivity index (χ1v) is 18.4. The Balaban J connectivity index is 0.000000490. The van der Waals surface area contributed by atoms with Crippen molar-refractivity contribution in [2.75, 3.05) is 19.8 Å². The Bertz CT molecular complexity index is 1070. The summed E-state index contributed by atoms with van der Waals surface area (Å²) in [4.78, 5) is -0.178. The minimum Gasteiger partial charge on any atom is -0.744 e. The van der Waals surface area contributed by atoms with E-state index in [0.717, 1.165) is 44.3 Å². The molecule has 2 aromatic rings. The molecule has 1 fully saturated rings. The summed E-state index contributed by atoms with van der Waals surface area (Å²) in [5.74, 6) is 0.768. The minimum absolute atomic E-state index is 0.178. The van der Waals surface area contributed by atoms with Crippen LogP contribution in [0.2, 0.25) is 0 Å². The second-order valence-electron chi connectivity index (χ2n) is 12.3. The first-order chi connectivity index (χ1) is 20.8. The lowest BCUT2D eigenvalue weighted by Crippen LogP contribution is -2.36. The second kappa shape index (κ2) is 22.7. The molecule has 1 aromatic heterocycles. The van der Waals surface area contributed by atoms with Gasteiger partial charge in [0.25, 0.3) is 0 Å². The number of aromatic nitrogens is 1. The lowest BCUT2D eigenvalue weighted by molar-refractivity contribution is -0.703. The number of ether oxygens (including phenoxy) is 2. The highest BCUT2D eigenvalue weighted by Crippen LogP contribution is 2.25. The van der Waals surface area contributed by atoms with Crippen molar-refractivity contribution in [2.24, 2.45) is 5.92 Å². The minimum atomic E-state index is -4.27. The monoisotopic (exact) mass is 617 g/mol. The second-order valence-corrected chi connectivity index (χ2v) is 13.7. The number of aryl methyl sites for hydroxylation is 3. The van der Waals surface area contributed by atoms with Gasteiger partial charge in [-0.25, -0.2) is 13.0 Å². The predicted octanol–water partition coefficient (Wildman–Crippen LogP) is 8.47. The summed E-state index contributed by atoms with van der Waals surface area (Å²) in [5, 5.41) is 0. The maximum Gasteiger partial charge on any atom is 0.178 e. The highest BCUT2D eigenvalue weighted by atomic mass is 32.2. The van der Waals surface area contributed by atoms with E-state index in [4.69, 9.17) is 9.47 Å². The van der Waals surface area contributed by atoms with Crippen molar-refractivity contribution in [2.45, 2.75) is 141 Å². The summed E-state index contributed by atoms with van der Waals surface area (Å²) in [6.45, 7) is 9.96. The zero-order chi connectivity index (χ0) is 31.2. The molecule has 0 spiro atoms. The molecule has 7 heteroatoms. The lowest BCUT2D eigenvalue weighted by Gasteiger charge is -2.10. The SMILES string of the molecule is CCCCCCCCCCCCCC[C@@H]1CO[C@@H](COCCCC[n+]2ccccc2C)C1.Cc1ccc(S(=O)(=O)[O-])cc1. The Kier molecular flexibility index (Phi) is 19.7. The van der Waals surface area contributed by atoms with Gasteiger partial charge in [-0.1, -0.05) is 108 Å². The van der Waals surface area contributed by atoms with Gasteiger partial charge < -0.3 is 14.0 Å². The van der Waals surface area contributed by atoms with Gasteiger partial charge in [-0.05, 0) is 44.2 Å². The fraction of sp³-hybridized carbons (Fsp3) is 0.694. The fourth-order valence-corrected chi connectivity index (χ4v) is 6.06. The first kappa shape index (κ1) is 37.4. The van der Waals surface area contributed by atoms with Crippen LogP contribution >= 0.6 is 0 Å². The molecule has 244 valence electrons. The summed E-state index contributed by atoms with van der Waals surface area (Å²) in [5.41, 5.74) is 2.25. The summed E-state index contributed by atoms with van der Waals surface area (Å²) >= 11 is 0. The average Bonchev–Trinajstić information content (AvgIpc) is 3.44. The molecule has 3 rings (SSSR count). The maximum absolute atomic E-state index is 10.4. The Morgan fingerprint density at radius 3 is 2.07 bits per heavy atom. The van der Waals surface area contributed by atoms with E-state index in [0.29, 0.717) is 6.10 Å². The molecular formula is C36H59NO5S. The Morgan fingerprint density at radius 2 is 1.47 bits per heavy atom. The fourth-order valence-electron chi connectivity index (χ4n) is 5.59. The third kappa shape index (κ3) is 17.9. The molecule has 0 aliphatic carbocycles. The van der Waals surface area contributed by atoms with Crippen LogP contribution in [0.4, 0.5) is 0 Å². The molecule has 0 saturated carbocycles. The van der Waals surface area contributed by atoms with E-state index in [2.05, 4.69) is 42.8 Å². The van der Waals surface area contributed by atoms with Crippen molar-refractivity contribution in [1.82, 2.24) is 0 Å². The van der Waals surface area contributed by atoms with Crippen LogP contribution in [0.3, 0.4) is 0 Å². The molecule has 43 heavy (non-hydrogen) atoms. The molecule has 0 radical (unpaired) electrons.